The van der Waals surface area contributed by atoms with Crippen LogP contribution < -0.4 is 20.3 Å². The highest BCUT2D eigenvalue weighted by Gasteiger charge is 2.18. The van der Waals surface area contributed by atoms with Gasteiger partial charge in [-0.1, -0.05) is 17.7 Å². The van der Waals surface area contributed by atoms with E-state index in [-0.39, 0.29) is 24.0 Å². The zero-order valence-electron chi connectivity index (χ0n) is 18.5. The average Bonchev–Trinajstić information content (AvgIpc) is 2.79. The van der Waals surface area contributed by atoms with Crippen molar-refractivity contribution in [3.63, 3.8) is 0 Å². The number of piperazine rings is 1. The number of nitrogens with zero attached hydrogens (tertiary/aromatic N) is 5. The zero-order valence-corrected chi connectivity index (χ0v) is 20.8. The van der Waals surface area contributed by atoms with Crippen LogP contribution in [0.4, 0.5) is 5.95 Å². The van der Waals surface area contributed by atoms with Gasteiger partial charge in [0.1, 0.15) is 12.4 Å². The molecule has 1 saturated heterocycles. The third kappa shape index (κ3) is 8.86. The fourth-order valence-electron chi connectivity index (χ4n) is 3.24. The molecule has 2 heterocycles. The number of aromatic nitrogens is 2. The first-order chi connectivity index (χ1) is 14.7. The average molecular weight is 539 g/mol. The van der Waals surface area contributed by atoms with Gasteiger partial charge in [0.2, 0.25) is 5.95 Å². The maximum atomic E-state index is 5.77. The number of benzene rings is 1. The Kier molecular flexibility index (Phi) is 11.4. The largest absolute Gasteiger partial charge is 0.492 e. The molecule has 8 nitrogen and oxygen atoms in total. The van der Waals surface area contributed by atoms with Crippen LogP contribution >= 0.6 is 24.0 Å². The normalized spacial score (nSPS) is 14.6. The molecule has 170 valence electrons. The first-order valence-corrected chi connectivity index (χ1v) is 10.7. The maximum absolute atomic E-state index is 5.77. The molecule has 0 spiro atoms. The first kappa shape index (κ1) is 25.1. The molecular weight excluding hydrogens is 505 g/mol. The predicted molar refractivity (Wildman–Crippen MR) is 137 cm³/mol. The van der Waals surface area contributed by atoms with Crippen molar-refractivity contribution in [2.24, 2.45) is 4.99 Å². The smallest absolute Gasteiger partial charge is 0.225 e. The molecule has 0 unspecified atom stereocenters. The molecular formula is C22H34IN7O. The third-order valence-corrected chi connectivity index (χ3v) is 4.92. The molecule has 31 heavy (non-hydrogen) atoms. The molecule has 2 aromatic rings. The number of hydrogen-bond donors (Lipinski definition) is 2. The molecule has 0 saturated carbocycles. The Balaban J connectivity index is 0.00000341. The minimum Gasteiger partial charge on any atom is -0.492 e. The number of rotatable bonds is 9. The molecule has 0 atom stereocenters. The minimum atomic E-state index is 0. The number of nitrogens with one attached hydrogen (secondary N) is 2. The van der Waals surface area contributed by atoms with Crippen molar-refractivity contribution in [1.82, 2.24) is 25.5 Å². The van der Waals surface area contributed by atoms with Crippen LogP contribution in [-0.2, 0) is 0 Å². The summed E-state index contributed by atoms with van der Waals surface area (Å²) in [7, 11) is 0. The molecule has 0 radical (unpaired) electrons. The number of anilines is 1. The number of aliphatic imine (C=N–C) groups is 1. The minimum absolute atomic E-state index is 0. The maximum Gasteiger partial charge on any atom is 0.225 e. The molecule has 3 rings (SSSR count). The molecule has 1 aliphatic rings. The zero-order chi connectivity index (χ0) is 21.0. The highest BCUT2D eigenvalue weighted by atomic mass is 127. The second kappa shape index (κ2) is 14.0. The molecule has 1 aromatic heterocycles. The summed E-state index contributed by atoms with van der Waals surface area (Å²) in [5, 5.41) is 6.63. The lowest BCUT2D eigenvalue weighted by Gasteiger charge is -2.34. The Bertz CT molecular complexity index is 765. The molecule has 2 N–H and O–H groups in total. The van der Waals surface area contributed by atoms with Gasteiger partial charge >= 0.3 is 0 Å². The SMILES string of the molecule is CCNC(=NCCN1CCN(c2ncccn2)CC1)NCCOc1ccc(C)cc1.I. The van der Waals surface area contributed by atoms with Crippen molar-refractivity contribution >= 4 is 35.9 Å². The molecule has 1 fully saturated rings. The monoisotopic (exact) mass is 539 g/mol. The molecule has 0 amide bonds. The van der Waals surface area contributed by atoms with E-state index < -0.39 is 0 Å². The van der Waals surface area contributed by atoms with Gasteiger partial charge in [0.15, 0.2) is 5.96 Å². The van der Waals surface area contributed by atoms with E-state index in [0.717, 1.165) is 63.5 Å². The Hall–Kier alpha value is -2.14. The van der Waals surface area contributed by atoms with E-state index in [1.54, 1.807) is 12.4 Å². The van der Waals surface area contributed by atoms with Crippen LogP contribution in [0.3, 0.4) is 0 Å². The molecule has 0 bridgehead atoms. The van der Waals surface area contributed by atoms with Crippen LogP contribution in [0.15, 0.2) is 47.7 Å². The quantitative estimate of drug-likeness (QED) is 0.219. The summed E-state index contributed by atoms with van der Waals surface area (Å²) >= 11 is 0. The summed E-state index contributed by atoms with van der Waals surface area (Å²) < 4.78 is 5.77. The number of halogens is 1. The lowest BCUT2D eigenvalue weighted by Crippen LogP contribution is -2.48. The summed E-state index contributed by atoms with van der Waals surface area (Å²) in [5.74, 6) is 2.55. The van der Waals surface area contributed by atoms with E-state index in [0.29, 0.717) is 13.2 Å². The van der Waals surface area contributed by atoms with Gasteiger partial charge in [0.05, 0.1) is 13.1 Å². The van der Waals surface area contributed by atoms with Crippen molar-refractivity contribution in [3.05, 3.63) is 48.3 Å². The second-order valence-corrected chi connectivity index (χ2v) is 7.23. The van der Waals surface area contributed by atoms with Crippen LogP contribution in [0.5, 0.6) is 5.75 Å². The van der Waals surface area contributed by atoms with Crippen molar-refractivity contribution < 1.29 is 4.74 Å². The molecule has 1 aromatic carbocycles. The Morgan fingerprint density at radius 2 is 1.77 bits per heavy atom. The van der Waals surface area contributed by atoms with Crippen LogP contribution in [0.2, 0.25) is 0 Å². The van der Waals surface area contributed by atoms with Crippen molar-refractivity contribution in [2.75, 3.05) is 63.9 Å². The highest BCUT2D eigenvalue weighted by molar-refractivity contribution is 14.0. The van der Waals surface area contributed by atoms with Gasteiger partial charge in [-0.05, 0) is 32.0 Å². The molecule has 0 aliphatic carbocycles. The van der Waals surface area contributed by atoms with Gasteiger partial charge in [0, 0.05) is 51.7 Å². The summed E-state index contributed by atoms with van der Waals surface area (Å²) in [4.78, 5) is 18.1. The number of hydrogen-bond acceptors (Lipinski definition) is 6. The van der Waals surface area contributed by atoms with Gasteiger partial charge in [-0.15, -0.1) is 24.0 Å². The standard InChI is InChI=1S/C22H33N7O.HI/c1-3-23-21(25-12-18-30-20-7-5-19(2)6-8-20)24-11-13-28-14-16-29(17-15-28)22-26-9-4-10-27-22;/h4-10H,3,11-18H2,1-2H3,(H2,23,24,25);1H. The van der Waals surface area contributed by atoms with Gasteiger partial charge in [-0.25, -0.2) is 9.97 Å². The Labute approximate surface area is 202 Å². The van der Waals surface area contributed by atoms with Gasteiger partial charge in [-0.3, -0.25) is 9.89 Å². The summed E-state index contributed by atoms with van der Waals surface area (Å²) in [6.07, 6.45) is 3.59. The lowest BCUT2D eigenvalue weighted by molar-refractivity contribution is 0.263. The Morgan fingerprint density at radius 1 is 1.06 bits per heavy atom. The van der Waals surface area contributed by atoms with Crippen LogP contribution in [-0.4, -0.2) is 79.8 Å². The van der Waals surface area contributed by atoms with Crippen LogP contribution in [0.25, 0.3) is 0 Å². The van der Waals surface area contributed by atoms with E-state index in [1.165, 1.54) is 5.56 Å². The van der Waals surface area contributed by atoms with Crippen LogP contribution in [0.1, 0.15) is 12.5 Å². The van der Waals surface area contributed by atoms with Crippen LogP contribution in [0, 0.1) is 6.92 Å². The Morgan fingerprint density at radius 3 is 2.45 bits per heavy atom. The van der Waals surface area contributed by atoms with Gasteiger partial charge < -0.3 is 20.3 Å². The molecule has 1 aliphatic heterocycles. The van der Waals surface area contributed by atoms with Crippen molar-refractivity contribution in [3.8, 4) is 5.75 Å². The van der Waals surface area contributed by atoms with E-state index in [4.69, 9.17) is 9.73 Å². The van der Waals surface area contributed by atoms with Gasteiger partial charge in [-0.2, -0.15) is 0 Å². The summed E-state index contributed by atoms with van der Waals surface area (Å²) in [6.45, 7) is 11.9. The third-order valence-electron chi connectivity index (χ3n) is 4.92. The van der Waals surface area contributed by atoms with Crippen molar-refractivity contribution in [2.45, 2.75) is 13.8 Å². The fourth-order valence-corrected chi connectivity index (χ4v) is 3.24. The highest BCUT2D eigenvalue weighted by Crippen LogP contribution is 2.11. The van der Waals surface area contributed by atoms with E-state index >= 15 is 0 Å². The van der Waals surface area contributed by atoms with Crippen molar-refractivity contribution in [1.29, 1.82) is 0 Å². The predicted octanol–water partition coefficient (Wildman–Crippen LogP) is 2.16. The second-order valence-electron chi connectivity index (χ2n) is 7.23. The van der Waals surface area contributed by atoms with E-state index in [9.17, 15) is 0 Å². The summed E-state index contributed by atoms with van der Waals surface area (Å²) in [5.41, 5.74) is 1.23. The number of ether oxygens (including phenoxy) is 1. The van der Waals surface area contributed by atoms with E-state index in [1.807, 2.05) is 18.2 Å². The summed E-state index contributed by atoms with van der Waals surface area (Å²) in [6, 6.07) is 9.96. The van der Waals surface area contributed by atoms with Gasteiger partial charge in [0.25, 0.3) is 0 Å². The van der Waals surface area contributed by atoms with E-state index in [2.05, 4.69) is 56.4 Å². The lowest BCUT2D eigenvalue weighted by atomic mass is 10.2. The first-order valence-electron chi connectivity index (χ1n) is 10.7. The number of aryl methyl sites for hydroxylation is 1. The number of guanidine groups is 1. The molecule has 9 heteroatoms. The fraction of sp³-hybridized carbons (Fsp3) is 0.500. The topological polar surface area (TPSA) is 77.9 Å².